The number of nitriles is 1. The van der Waals surface area contributed by atoms with Gasteiger partial charge in [-0.3, -0.25) is 4.79 Å². The van der Waals surface area contributed by atoms with E-state index >= 15 is 0 Å². The second-order valence-corrected chi connectivity index (χ2v) is 7.63. The van der Waals surface area contributed by atoms with Crippen LogP contribution in [0.1, 0.15) is 43.2 Å². The van der Waals surface area contributed by atoms with Gasteiger partial charge in [-0.2, -0.15) is 5.26 Å². The van der Waals surface area contributed by atoms with Gasteiger partial charge in [-0.05, 0) is 68.3 Å². The van der Waals surface area contributed by atoms with E-state index in [4.69, 9.17) is 10.4 Å². The summed E-state index contributed by atoms with van der Waals surface area (Å²) >= 11 is 0. The summed E-state index contributed by atoms with van der Waals surface area (Å²) in [5, 5.41) is 21.6. The molecule has 1 aliphatic heterocycles. The zero-order valence-electron chi connectivity index (χ0n) is 14.7. The third kappa shape index (κ3) is 5.29. The number of carboxylic acid groups (broad SMARTS) is 1. The molecule has 0 aromatic heterocycles. The second kappa shape index (κ2) is 7.99. The summed E-state index contributed by atoms with van der Waals surface area (Å²) < 4.78 is 0. The van der Waals surface area contributed by atoms with Gasteiger partial charge in [0.15, 0.2) is 0 Å². The molecule has 1 heterocycles. The predicted octanol–water partition coefficient (Wildman–Crippen LogP) is 2.41. The number of piperidine rings is 1. The first-order valence-corrected chi connectivity index (χ1v) is 9.25. The highest BCUT2D eigenvalue weighted by atomic mass is 16.4. The number of rotatable bonds is 8. The van der Waals surface area contributed by atoms with Gasteiger partial charge in [-0.15, -0.1) is 0 Å². The first-order valence-electron chi connectivity index (χ1n) is 9.25. The quantitative estimate of drug-likeness (QED) is 0.759. The molecule has 0 atom stereocenters. The van der Waals surface area contributed by atoms with E-state index in [1.54, 1.807) is 0 Å². The lowest BCUT2D eigenvalue weighted by atomic mass is 9.73. The third-order valence-electron chi connectivity index (χ3n) is 5.56. The fraction of sp³-hybridized carbons (Fsp3) is 0.600. The Bertz CT molecular complexity index is 623. The molecular formula is C20H27N3O2. The molecule has 134 valence electrons. The number of nitrogens with zero attached hydrogens (tertiary/aromatic N) is 2. The highest BCUT2D eigenvalue weighted by Gasteiger charge is 2.36. The molecule has 5 heteroatoms. The van der Waals surface area contributed by atoms with Gasteiger partial charge >= 0.3 is 5.97 Å². The molecule has 0 radical (unpaired) electrons. The van der Waals surface area contributed by atoms with Crippen LogP contribution < -0.4 is 5.32 Å². The maximum atomic E-state index is 10.8. The number of hydrogen-bond donors (Lipinski definition) is 2. The summed E-state index contributed by atoms with van der Waals surface area (Å²) in [5.74, 6) is -0.718. The van der Waals surface area contributed by atoms with Crippen LogP contribution in [0.5, 0.6) is 0 Å². The van der Waals surface area contributed by atoms with Crippen molar-refractivity contribution in [3.05, 3.63) is 35.4 Å². The molecule has 25 heavy (non-hydrogen) atoms. The molecule has 2 fully saturated rings. The summed E-state index contributed by atoms with van der Waals surface area (Å²) in [6, 6.07) is 10.8. The number of carboxylic acids is 1. The van der Waals surface area contributed by atoms with E-state index in [-0.39, 0.29) is 11.8 Å². The third-order valence-corrected chi connectivity index (χ3v) is 5.56. The Morgan fingerprint density at radius 2 is 1.96 bits per heavy atom. The Labute approximate surface area is 149 Å². The molecule has 0 amide bonds. The Kier molecular flexibility index (Phi) is 5.72. The van der Waals surface area contributed by atoms with Crippen LogP contribution in [0.3, 0.4) is 0 Å². The summed E-state index contributed by atoms with van der Waals surface area (Å²) in [5.41, 5.74) is 2.23. The van der Waals surface area contributed by atoms with E-state index in [0.717, 1.165) is 38.9 Å². The average Bonchev–Trinajstić information content (AvgIpc) is 3.45. The Hall–Kier alpha value is -1.90. The highest BCUT2D eigenvalue weighted by Crippen LogP contribution is 2.36. The van der Waals surface area contributed by atoms with E-state index in [1.807, 2.05) is 12.1 Å². The fourth-order valence-electron chi connectivity index (χ4n) is 3.70. The van der Waals surface area contributed by atoms with Crippen molar-refractivity contribution in [2.75, 3.05) is 26.2 Å². The molecule has 5 nitrogen and oxygen atoms in total. The zero-order valence-corrected chi connectivity index (χ0v) is 14.7. The molecule has 2 N–H and O–H groups in total. The molecule has 0 bridgehead atoms. The van der Waals surface area contributed by atoms with Crippen molar-refractivity contribution in [1.29, 1.82) is 5.26 Å². The minimum Gasteiger partial charge on any atom is -0.481 e. The molecule has 1 aromatic carbocycles. The van der Waals surface area contributed by atoms with Gasteiger partial charge in [0.05, 0.1) is 18.1 Å². The molecular weight excluding hydrogens is 314 g/mol. The van der Waals surface area contributed by atoms with Crippen molar-refractivity contribution in [2.45, 2.75) is 44.6 Å². The number of nitrogens with one attached hydrogen (secondary N) is 1. The van der Waals surface area contributed by atoms with Crippen molar-refractivity contribution >= 4 is 5.97 Å². The van der Waals surface area contributed by atoms with Gasteiger partial charge in [-0.1, -0.05) is 12.1 Å². The number of aliphatic carboxylic acids is 1. The molecule has 1 aromatic rings. The van der Waals surface area contributed by atoms with Gasteiger partial charge in [0, 0.05) is 19.1 Å². The summed E-state index contributed by atoms with van der Waals surface area (Å²) in [4.78, 5) is 13.1. The number of hydrogen-bond acceptors (Lipinski definition) is 4. The van der Waals surface area contributed by atoms with Gasteiger partial charge in [0.1, 0.15) is 0 Å². The molecule has 1 aliphatic carbocycles. The summed E-state index contributed by atoms with van der Waals surface area (Å²) in [6.45, 7) is 3.62. The lowest BCUT2D eigenvalue weighted by Gasteiger charge is -2.42. The number of likely N-dealkylation sites (tertiary alicyclic amines) is 1. The molecule has 0 spiro atoms. The average molecular weight is 341 g/mol. The van der Waals surface area contributed by atoms with Gasteiger partial charge < -0.3 is 15.3 Å². The molecule has 2 aliphatic rings. The Balaban J connectivity index is 1.62. The van der Waals surface area contributed by atoms with E-state index in [0.29, 0.717) is 18.2 Å². The second-order valence-electron chi connectivity index (χ2n) is 7.63. The Morgan fingerprint density at radius 3 is 2.52 bits per heavy atom. The lowest BCUT2D eigenvalue weighted by Crippen LogP contribution is -2.47. The van der Waals surface area contributed by atoms with Gasteiger partial charge in [0.25, 0.3) is 0 Å². The minimum atomic E-state index is -0.718. The highest BCUT2D eigenvalue weighted by molar-refractivity contribution is 5.66. The molecule has 1 saturated carbocycles. The standard InChI is InChI=1S/C20H27N3O2/c21-14-17-3-1-16(2-4-17)13-20(15-22-18-5-6-18)8-11-23(12-9-20)10-7-19(24)25/h1-4,18,22H,5-13,15H2,(H,24,25). The van der Waals surface area contributed by atoms with Crippen LogP contribution in [0.2, 0.25) is 0 Å². The maximum absolute atomic E-state index is 10.8. The summed E-state index contributed by atoms with van der Waals surface area (Å²) in [7, 11) is 0. The number of carbonyl (C=O) groups is 1. The summed E-state index contributed by atoms with van der Waals surface area (Å²) in [6.07, 6.45) is 6.00. The Morgan fingerprint density at radius 1 is 1.28 bits per heavy atom. The van der Waals surface area contributed by atoms with E-state index in [1.165, 1.54) is 18.4 Å². The van der Waals surface area contributed by atoms with Crippen molar-refractivity contribution in [3.8, 4) is 6.07 Å². The number of benzene rings is 1. The van der Waals surface area contributed by atoms with Crippen molar-refractivity contribution in [1.82, 2.24) is 10.2 Å². The minimum absolute atomic E-state index is 0.225. The van der Waals surface area contributed by atoms with Crippen molar-refractivity contribution in [3.63, 3.8) is 0 Å². The van der Waals surface area contributed by atoms with E-state index in [2.05, 4.69) is 28.4 Å². The van der Waals surface area contributed by atoms with E-state index in [9.17, 15) is 4.79 Å². The normalized spacial score (nSPS) is 20.1. The van der Waals surface area contributed by atoms with Crippen molar-refractivity contribution in [2.24, 2.45) is 5.41 Å². The van der Waals surface area contributed by atoms with Crippen LogP contribution in [-0.4, -0.2) is 48.2 Å². The SMILES string of the molecule is N#Cc1ccc(CC2(CNC3CC3)CCN(CCC(=O)O)CC2)cc1. The van der Waals surface area contributed by atoms with Crippen molar-refractivity contribution < 1.29 is 9.90 Å². The van der Waals surface area contributed by atoms with Gasteiger partial charge in [0.2, 0.25) is 0 Å². The van der Waals surface area contributed by atoms with Gasteiger partial charge in [-0.25, -0.2) is 0 Å². The smallest absolute Gasteiger partial charge is 0.304 e. The van der Waals surface area contributed by atoms with Crippen LogP contribution in [0.15, 0.2) is 24.3 Å². The van der Waals surface area contributed by atoms with Crippen LogP contribution >= 0.6 is 0 Å². The lowest BCUT2D eigenvalue weighted by molar-refractivity contribution is -0.137. The first kappa shape index (κ1) is 17.9. The van der Waals surface area contributed by atoms with Crippen LogP contribution in [0.25, 0.3) is 0 Å². The topological polar surface area (TPSA) is 76.4 Å². The molecule has 1 saturated heterocycles. The predicted molar refractivity (Wildman–Crippen MR) is 96.2 cm³/mol. The van der Waals surface area contributed by atoms with Crippen LogP contribution in [0.4, 0.5) is 0 Å². The molecule has 3 rings (SSSR count). The van der Waals surface area contributed by atoms with Crippen LogP contribution in [0, 0.1) is 16.7 Å². The molecule has 0 unspecified atom stereocenters. The first-order chi connectivity index (χ1) is 12.1. The van der Waals surface area contributed by atoms with E-state index < -0.39 is 5.97 Å². The van der Waals surface area contributed by atoms with Crippen LogP contribution in [-0.2, 0) is 11.2 Å². The monoisotopic (exact) mass is 341 g/mol. The fourth-order valence-corrected chi connectivity index (χ4v) is 3.70. The maximum Gasteiger partial charge on any atom is 0.304 e. The largest absolute Gasteiger partial charge is 0.481 e. The zero-order chi connectivity index (χ0) is 17.7.